The summed E-state index contributed by atoms with van der Waals surface area (Å²) >= 11 is 0. The molecule has 0 amide bonds. The Morgan fingerprint density at radius 3 is 2.24 bits per heavy atom. The summed E-state index contributed by atoms with van der Waals surface area (Å²) in [5, 5.41) is 15.5. The van der Waals surface area contributed by atoms with E-state index in [-0.39, 0.29) is 0 Å². The quantitative estimate of drug-likeness (QED) is 0.442. The minimum atomic E-state index is -0.957. The standard InChI is InChI=1S/C26H27BO2/c1-18(2)26(3,4)29-27(28)23-15-14-20-10-7-11-24(25(20)17-23)22-13-12-19-8-5-6-9-21(19)16-22/h5-18,28H,1-4H3. The third-order valence-corrected chi connectivity index (χ3v) is 6.06. The minimum absolute atomic E-state index is 0.297. The lowest BCUT2D eigenvalue weighted by Gasteiger charge is -2.31. The lowest BCUT2D eigenvalue weighted by atomic mass is 9.76. The Bertz CT molecular complexity index is 1160. The van der Waals surface area contributed by atoms with Crippen LogP contribution in [0.15, 0.2) is 78.9 Å². The first-order valence-electron chi connectivity index (χ1n) is 10.2. The Kier molecular flexibility index (Phi) is 5.20. The molecule has 146 valence electrons. The van der Waals surface area contributed by atoms with Crippen molar-refractivity contribution in [1.29, 1.82) is 0 Å². The van der Waals surface area contributed by atoms with E-state index in [4.69, 9.17) is 4.65 Å². The molecule has 4 rings (SSSR count). The first-order valence-corrected chi connectivity index (χ1v) is 10.2. The molecular formula is C26H27BO2. The van der Waals surface area contributed by atoms with E-state index in [1.165, 1.54) is 16.3 Å². The van der Waals surface area contributed by atoms with Crippen LogP contribution < -0.4 is 5.46 Å². The normalized spacial score (nSPS) is 12.1. The molecule has 3 heteroatoms. The lowest BCUT2D eigenvalue weighted by Crippen LogP contribution is -2.44. The molecule has 0 aliphatic carbocycles. The fraction of sp³-hybridized carbons (Fsp3) is 0.231. The van der Waals surface area contributed by atoms with Gasteiger partial charge in [0.2, 0.25) is 0 Å². The highest BCUT2D eigenvalue weighted by molar-refractivity contribution is 6.60. The summed E-state index contributed by atoms with van der Waals surface area (Å²) in [7, 11) is -0.957. The maximum atomic E-state index is 10.7. The molecule has 0 aliphatic rings. The topological polar surface area (TPSA) is 29.5 Å². The Labute approximate surface area is 173 Å². The molecule has 1 N–H and O–H groups in total. The average molecular weight is 382 g/mol. The summed E-state index contributed by atoms with van der Waals surface area (Å²) in [5.41, 5.74) is 2.70. The van der Waals surface area contributed by atoms with Crippen molar-refractivity contribution in [1.82, 2.24) is 0 Å². The van der Waals surface area contributed by atoms with Gasteiger partial charge in [-0.2, -0.15) is 0 Å². The van der Waals surface area contributed by atoms with Gasteiger partial charge in [-0.05, 0) is 64.0 Å². The van der Waals surface area contributed by atoms with E-state index in [0.29, 0.717) is 5.92 Å². The van der Waals surface area contributed by atoms with Gasteiger partial charge in [0.05, 0.1) is 5.60 Å². The van der Waals surface area contributed by atoms with Crippen molar-refractivity contribution in [3.05, 3.63) is 78.9 Å². The van der Waals surface area contributed by atoms with E-state index in [1.54, 1.807) is 0 Å². The van der Waals surface area contributed by atoms with Crippen molar-refractivity contribution in [3.63, 3.8) is 0 Å². The third-order valence-electron chi connectivity index (χ3n) is 6.06. The van der Waals surface area contributed by atoms with Gasteiger partial charge in [-0.3, -0.25) is 0 Å². The van der Waals surface area contributed by atoms with Crippen molar-refractivity contribution < 1.29 is 9.68 Å². The second kappa shape index (κ2) is 7.66. The van der Waals surface area contributed by atoms with Gasteiger partial charge < -0.3 is 9.68 Å². The van der Waals surface area contributed by atoms with Crippen LogP contribution in [0.25, 0.3) is 32.7 Å². The van der Waals surface area contributed by atoms with E-state index < -0.39 is 12.7 Å². The maximum absolute atomic E-state index is 10.7. The molecule has 4 aromatic carbocycles. The molecular weight excluding hydrogens is 355 g/mol. The van der Waals surface area contributed by atoms with Gasteiger partial charge in [0, 0.05) is 0 Å². The number of hydrogen-bond donors (Lipinski definition) is 1. The molecule has 0 fully saturated rings. The zero-order valence-corrected chi connectivity index (χ0v) is 17.5. The van der Waals surface area contributed by atoms with Gasteiger partial charge in [-0.25, -0.2) is 0 Å². The Morgan fingerprint density at radius 1 is 0.793 bits per heavy atom. The molecule has 0 aliphatic heterocycles. The molecule has 0 heterocycles. The number of rotatable bonds is 5. The predicted octanol–water partition coefficient (Wildman–Crippen LogP) is 5.80. The molecule has 4 aromatic rings. The van der Waals surface area contributed by atoms with Gasteiger partial charge in [-0.15, -0.1) is 0 Å². The van der Waals surface area contributed by atoms with Gasteiger partial charge in [-0.1, -0.05) is 86.6 Å². The molecule has 0 unspecified atom stereocenters. The lowest BCUT2D eigenvalue weighted by molar-refractivity contribution is 0.0423. The molecule has 2 nitrogen and oxygen atoms in total. The second-order valence-electron chi connectivity index (χ2n) is 8.58. The van der Waals surface area contributed by atoms with Crippen LogP contribution in [-0.2, 0) is 4.65 Å². The highest BCUT2D eigenvalue weighted by atomic mass is 16.5. The molecule has 0 spiro atoms. The summed E-state index contributed by atoms with van der Waals surface area (Å²) in [6.07, 6.45) is 0. The van der Waals surface area contributed by atoms with Gasteiger partial charge >= 0.3 is 7.12 Å². The summed E-state index contributed by atoms with van der Waals surface area (Å²) in [6, 6.07) is 27.4. The third kappa shape index (κ3) is 3.94. The zero-order chi connectivity index (χ0) is 20.6. The van der Waals surface area contributed by atoms with Crippen molar-refractivity contribution in [3.8, 4) is 11.1 Å². The van der Waals surface area contributed by atoms with Crippen LogP contribution in [0, 0.1) is 5.92 Å². The molecule has 29 heavy (non-hydrogen) atoms. The minimum Gasteiger partial charge on any atom is -0.423 e. The van der Waals surface area contributed by atoms with E-state index in [2.05, 4.69) is 86.6 Å². The van der Waals surface area contributed by atoms with Crippen LogP contribution in [0.3, 0.4) is 0 Å². The van der Waals surface area contributed by atoms with Crippen LogP contribution >= 0.6 is 0 Å². The summed E-state index contributed by atoms with van der Waals surface area (Å²) in [5.74, 6) is 0.297. The smallest absolute Gasteiger partial charge is 0.423 e. The van der Waals surface area contributed by atoms with Gasteiger partial charge in [0.15, 0.2) is 0 Å². The summed E-state index contributed by atoms with van der Waals surface area (Å²) in [6.45, 7) is 8.24. The van der Waals surface area contributed by atoms with Crippen molar-refractivity contribution in [2.75, 3.05) is 0 Å². The number of benzene rings is 4. The SMILES string of the molecule is CC(C)C(C)(C)OB(O)c1ccc2cccc(-c3ccc4ccccc4c3)c2c1. The van der Waals surface area contributed by atoms with Crippen LogP contribution in [0.2, 0.25) is 0 Å². The van der Waals surface area contributed by atoms with E-state index in [0.717, 1.165) is 21.8 Å². The Morgan fingerprint density at radius 2 is 1.48 bits per heavy atom. The van der Waals surface area contributed by atoms with E-state index in [1.807, 2.05) is 19.9 Å². The van der Waals surface area contributed by atoms with Gasteiger partial charge in [0.1, 0.15) is 0 Å². The van der Waals surface area contributed by atoms with Crippen LogP contribution in [0.1, 0.15) is 27.7 Å². The summed E-state index contributed by atoms with van der Waals surface area (Å²) < 4.78 is 5.99. The Balaban J connectivity index is 1.78. The monoisotopic (exact) mass is 382 g/mol. The van der Waals surface area contributed by atoms with Crippen molar-refractivity contribution in [2.45, 2.75) is 33.3 Å². The first kappa shape index (κ1) is 19.7. The molecule has 0 radical (unpaired) electrons. The van der Waals surface area contributed by atoms with Crippen LogP contribution in [-0.4, -0.2) is 17.7 Å². The van der Waals surface area contributed by atoms with E-state index >= 15 is 0 Å². The molecule has 0 atom stereocenters. The highest BCUT2D eigenvalue weighted by Crippen LogP contribution is 2.30. The molecule has 0 saturated carbocycles. The van der Waals surface area contributed by atoms with Crippen LogP contribution in [0.4, 0.5) is 0 Å². The maximum Gasteiger partial charge on any atom is 0.491 e. The zero-order valence-electron chi connectivity index (χ0n) is 17.5. The fourth-order valence-corrected chi connectivity index (χ4v) is 3.54. The largest absolute Gasteiger partial charge is 0.491 e. The first-order chi connectivity index (χ1) is 13.8. The van der Waals surface area contributed by atoms with E-state index in [9.17, 15) is 5.02 Å². The van der Waals surface area contributed by atoms with Crippen molar-refractivity contribution >= 4 is 34.1 Å². The molecule has 0 saturated heterocycles. The van der Waals surface area contributed by atoms with Gasteiger partial charge in [0.25, 0.3) is 0 Å². The Hall–Kier alpha value is -2.62. The fourth-order valence-electron chi connectivity index (χ4n) is 3.54. The highest BCUT2D eigenvalue weighted by Gasteiger charge is 2.30. The predicted molar refractivity (Wildman–Crippen MR) is 124 cm³/mol. The van der Waals surface area contributed by atoms with Crippen molar-refractivity contribution in [2.24, 2.45) is 5.92 Å². The average Bonchev–Trinajstić information content (AvgIpc) is 2.72. The second-order valence-corrected chi connectivity index (χ2v) is 8.58. The summed E-state index contributed by atoms with van der Waals surface area (Å²) in [4.78, 5) is 0. The van der Waals surface area contributed by atoms with Crippen LogP contribution in [0.5, 0.6) is 0 Å². The number of fused-ring (bicyclic) bond motifs is 2. The molecule has 0 aromatic heterocycles. The molecule has 0 bridgehead atoms. The number of hydrogen-bond acceptors (Lipinski definition) is 2.